The molecule has 1 spiro atoms. The Morgan fingerprint density at radius 1 is 1.06 bits per heavy atom. The number of amides is 3. The maximum Gasteiger partial charge on any atom is 0.325 e. The molecule has 35 heavy (non-hydrogen) atoms. The molecule has 3 amide bonds. The zero-order chi connectivity index (χ0) is 24.3. The lowest BCUT2D eigenvalue weighted by Gasteiger charge is -2.22. The number of hydrogen-bond acceptors (Lipinski definition) is 5. The molecule has 1 unspecified atom stereocenters. The minimum Gasteiger partial charge on any atom is -0.454 e. The molecule has 6 rings (SSSR count). The quantitative estimate of drug-likeness (QED) is 0.455. The molecule has 2 aromatic carbocycles. The Labute approximate surface area is 202 Å². The van der Waals surface area contributed by atoms with Gasteiger partial charge in [0, 0.05) is 23.5 Å². The number of rotatable bonds is 5. The van der Waals surface area contributed by atoms with Gasteiger partial charge in [-0.15, -0.1) is 0 Å². The second-order valence-electron chi connectivity index (χ2n) is 9.37. The first-order valence-electron chi connectivity index (χ1n) is 11.7. The van der Waals surface area contributed by atoms with E-state index in [0.29, 0.717) is 30.7 Å². The van der Waals surface area contributed by atoms with Gasteiger partial charge in [-0.05, 0) is 61.6 Å². The molecule has 3 aliphatic rings. The third-order valence-corrected chi connectivity index (χ3v) is 7.38. The highest BCUT2D eigenvalue weighted by molar-refractivity contribution is 6.12. The smallest absolute Gasteiger partial charge is 0.325 e. The van der Waals surface area contributed by atoms with E-state index in [-0.39, 0.29) is 25.0 Å². The number of nitrogens with zero attached hydrogens (tertiary/aromatic N) is 2. The highest BCUT2D eigenvalue weighted by Crippen LogP contribution is 2.41. The Morgan fingerprint density at radius 2 is 1.86 bits per heavy atom. The molecule has 1 atom stereocenters. The summed E-state index contributed by atoms with van der Waals surface area (Å²) < 4.78 is 12.9. The summed E-state index contributed by atoms with van der Waals surface area (Å²) in [5.41, 5.74) is 4.06. The SMILES string of the molecule is Cc1cc(C(=O)CN2C(=O)NC3(CCc4ccccc43)C2=O)c(C)n1Cc1ccc2c(c1)OCO2. The zero-order valence-electron chi connectivity index (χ0n) is 19.6. The minimum atomic E-state index is -1.07. The number of ether oxygens (including phenoxy) is 2. The summed E-state index contributed by atoms with van der Waals surface area (Å²) in [6, 6.07) is 14.8. The standard InChI is InChI=1S/C27H25N3O5/c1-16-11-20(17(2)29(16)13-18-7-8-23-24(12-18)35-15-34-23)22(31)14-30-25(32)27(28-26(30)33)10-9-19-5-3-4-6-21(19)27/h3-8,11-12H,9-10,13-15H2,1-2H3,(H,28,33). The lowest BCUT2D eigenvalue weighted by Crippen LogP contribution is -2.42. The number of carbonyl (C=O) groups is 3. The van der Waals surface area contributed by atoms with Gasteiger partial charge in [-0.1, -0.05) is 30.3 Å². The fourth-order valence-corrected chi connectivity index (χ4v) is 5.51. The molecular weight excluding hydrogens is 446 g/mol. The second-order valence-corrected chi connectivity index (χ2v) is 9.37. The van der Waals surface area contributed by atoms with Crippen molar-refractivity contribution in [3.8, 4) is 11.5 Å². The fraction of sp³-hybridized carbons (Fsp3) is 0.296. The van der Waals surface area contributed by atoms with Gasteiger partial charge < -0.3 is 19.4 Å². The number of aromatic nitrogens is 1. The first kappa shape index (κ1) is 21.5. The summed E-state index contributed by atoms with van der Waals surface area (Å²) in [5, 5.41) is 2.88. The maximum absolute atomic E-state index is 13.4. The van der Waals surface area contributed by atoms with Gasteiger partial charge in [-0.2, -0.15) is 0 Å². The normalized spacial score (nSPS) is 20.0. The molecule has 8 heteroatoms. The summed E-state index contributed by atoms with van der Waals surface area (Å²) >= 11 is 0. The van der Waals surface area contributed by atoms with Crippen molar-refractivity contribution >= 4 is 17.7 Å². The van der Waals surface area contributed by atoms with Crippen LogP contribution in [0.5, 0.6) is 11.5 Å². The van der Waals surface area contributed by atoms with E-state index in [1.165, 1.54) is 0 Å². The third kappa shape index (κ3) is 3.24. The van der Waals surface area contributed by atoms with E-state index in [2.05, 4.69) is 5.32 Å². The average Bonchev–Trinajstić information content (AvgIpc) is 3.59. The summed E-state index contributed by atoms with van der Waals surface area (Å²) in [6.07, 6.45) is 1.22. The number of ketones is 1. The largest absolute Gasteiger partial charge is 0.454 e. The maximum atomic E-state index is 13.4. The Kier molecular flexibility index (Phi) is 4.74. The van der Waals surface area contributed by atoms with Crippen LogP contribution in [-0.2, 0) is 23.3 Å². The second kappa shape index (κ2) is 7.73. The number of urea groups is 1. The van der Waals surface area contributed by atoms with E-state index >= 15 is 0 Å². The van der Waals surface area contributed by atoms with Gasteiger partial charge in [0.15, 0.2) is 17.3 Å². The number of aryl methyl sites for hydroxylation is 2. The average molecular weight is 472 g/mol. The van der Waals surface area contributed by atoms with Gasteiger partial charge in [0.25, 0.3) is 5.91 Å². The molecule has 1 fully saturated rings. The summed E-state index contributed by atoms with van der Waals surface area (Å²) in [4.78, 5) is 40.6. The lowest BCUT2D eigenvalue weighted by molar-refractivity contribution is -0.131. The molecular formula is C27H25N3O5. The van der Waals surface area contributed by atoms with Crippen molar-refractivity contribution in [3.63, 3.8) is 0 Å². The van der Waals surface area contributed by atoms with Crippen molar-refractivity contribution in [2.24, 2.45) is 0 Å². The topological polar surface area (TPSA) is 89.9 Å². The molecule has 1 saturated heterocycles. The van der Waals surface area contributed by atoms with Crippen LogP contribution in [0.15, 0.2) is 48.5 Å². The number of hydrogen-bond donors (Lipinski definition) is 1. The van der Waals surface area contributed by atoms with Crippen molar-refractivity contribution < 1.29 is 23.9 Å². The molecule has 0 bridgehead atoms. The predicted molar refractivity (Wildman–Crippen MR) is 127 cm³/mol. The first-order valence-corrected chi connectivity index (χ1v) is 11.7. The number of Topliss-reactive ketones (excluding diaryl/α,β-unsaturated/α-hetero) is 1. The molecule has 3 heterocycles. The van der Waals surface area contributed by atoms with Gasteiger partial charge in [-0.3, -0.25) is 14.5 Å². The van der Waals surface area contributed by atoms with Crippen molar-refractivity contribution in [1.29, 1.82) is 0 Å². The van der Waals surface area contributed by atoms with Gasteiger partial charge in [0.05, 0.1) is 6.54 Å². The van der Waals surface area contributed by atoms with Crippen molar-refractivity contribution in [2.45, 2.75) is 38.8 Å². The van der Waals surface area contributed by atoms with Crippen LogP contribution in [0.2, 0.25) is 0 Å². The van der Waals surface area contributed by atoms with E-state index in [9.17, 15) is 14.4 Å². The van der Waals surface area contributed by atoms with Crippen LogP contribution >= 0.6 is 0 Å². The molecule has 0 saturated carbocycles. The van der Waals surface area contributed by atoms with Crippen molar-refractivity contribution in [1.82, 2.24) is 14.8 Å². The Balaban J connectivity index is 1.23. The van der Waals surface area contributed by atoms with E-state index < -0.39 is 11.6 Å². The lowest BCUT2D eigenvalue weighted by atomic mass is 9.92. The number of benzene rings is 2. The summed E-state index contributed by atoms with van der Waals surface area (Å²) in [7, 11) is 0. The molecule has 3 aromatic rings. The van der Waals surface area contributed by atoms with E-state index in [1.54, 1.807) is 0 Å². The van der Waals surface area contributed by atoms with Crippen molar-refractivity contribution in [3.05, 3.63) is 82.2 Å². The third-order valence-electron chi connectivity index (χ3n) is 7.38. The number of carbonyl (C=O) groups excluding carboxylic acids is 3. The van der Waals surface area contributed by atoms with E-state index in [1.807, 2.05) is 66.9 Å². The van der Waals surface area contributed by atoms with Crippen LogP contribution in [0.4, 0.5) is 4.79 Å². The van der Waals surface area contributed by atoms with Crippen LogP contribution in [0.1, 0.15) is 44.9 Å². The van der Waals surface area contributed by atoms with Gasteiger partial charge >= 0.3 is 6.03 Å². The van der Waals surface area contributed by atoms with Crippen LogP contribution in [0.3, 0.4) is 0 Å². The molecule has 2 aliphatic heterocycles. The molecule has 0 radical (unpaired) electrons. The zero-order valence-corrected chi connectivity index (χ0v) is 19.6. The Hall–Kier alpha value is -4.07. The highest BCUT2D eigenvalue weighted by Gasteiger charge is 2.55. The van der Waals surface area contributed by atoms with Crippen LogP contribution in [0, 0.1) is 13.8 Å². The summed E-state index contributed by atoms with van der Waals surface area (Å²) in [5.74, 6) is 0.820. The Bertz CT molecular complexity index is 1410. The summed E-state index contributed by atoms with van der Waals surface area (Å²) in [6.45, 7) is 4.31. The molecule has 8 nitrogen and oxygen atoms in total. The molecule has 1 aliphatic carbocycles. The minimum absolute atomic E-state index is 0.217. The first-order chi connectivity index (χ1) is 16.9. The predicted octanol–water partition coefficient (Wildman–Crippen LogP) is 3.46. The highest BCUT2D eigenvalue weighted by atomic mass is 16.7. The van der Waals surface area contributed by atoms with E-state index in [4.69, 9.17) is 9.47 Å². The van der Waals surface area contributed by atoms with Crippen LogP contribution in [-0.4, -0.2) is 40.5 Å². The van der Waals surface area contributed by atoms with Crippen LogP contribution in [0.25, 0.3) is 0 Å². The van der Waals surface area contributed by atoms with Gasteiger partial charge in [-0.25, -0.2) is 4.79 Å². The monoisotopic (exact) mass is 471 g/mol. The molecule has 178 valence electrons. The molecule has 1 aromatic heterocycles. The fourth-order valence-electron chi connectivity index (χ4n) is 5.51. The Morgan fingerprint density at radius 3 is 2.71 bits per heavy atom. The molecule has 1 N–H and O–H groups in total. The number of fused-ring (bicyclic) bond motifs is 3. The van der Waals surface area contributed by atoms with Crippen LogP contribution < -0.4 is 14.8 Å². The number of nitrogens with one attached hydrogen (secondary N) is 1. The van der Waals surface area contributed by atoms with Crippen molar-refractivity contribution in [2.75, 3.05) is 13.3 Å². The van der Waals surface area contributed by atoms with E-state index in [0.717, 1.165) is 38.7 Å². The van der Waals surface area contributed by atoms with Gasteiger partial charge in [0.2, 0.25) is 6.79 Å². The number of imide groups is 1. The van der Waals surface area contributed by atoms with Gasteiger partial charge in [0.1, 0.15) is 5.54 Å².